The van der Waals surface area contributed by atoms with Gasteiger partial charge in [0.2, 0.25) is 11.7 Å². The van der Waals surface area contributed by atoms with Crippen LogP contribution in [0.4, 0.5) is 8.78 Å². The number of methoxy groups -OCH3 is 1. The van der Waals surface area contributed by atoms with E-state index >= 15 is 0 Å². The lowest BCUT2D eigenvalue weighted by atomic mass is 10.0. The van der Waals surface area contributed by atoms with E-state index in [1.54, 1.807) is 25.3 Å². The van der Waals surface area contributed by atoms with Crippen molar-refractivity contribution in [3.63, 3.8) is 0 Å². The van der Waals surface area contributed by atoms with Gasteiger partial charge in [0.1, 0.15) is 11.5 Å². The molecule has 29 heavy (non-hydrogen) atoms. The molecule has 0 amide bonds. The topological polar surface area (TPSA) is 60.6 Å². The summed E-state index contributed by atoms with van der Waals surface area (Å²) in [5.41, 5.74) is 1.58. The second kappa shape index (κ2) is 8.57. The summed E-state index contributed by atoms with van der Waals surface area (Å²) in [6.45, 7) is -1.52. The standard InChI is InChI=1S/C21H21F2N3O3/c1-27-15-10-8-14(9-11-15)17-6-4-12-26(17)13-19-24-20(25-29-19)16-5-2-3-7-18(16)28-21(22)23/h2-3,5,7-11,17,21H,4,6,12-13H2,1H3. The van der Waals surface area contributed by atoms with Gasteiger partial charge in [-0.3, -0.25) is 4.90 Å². The van der Waals surface area contributed by atoms with E-state index in [0.29, 0.717) is 18.0 Å². The zero-order valence-corrected chi connectivity index (χ0v) is 15.9. The molecule has 2 aromatic carbocycles. The van der Waals surface area contributed by atoms with Crippen LogP contribution in [0, 0.1) is 0 Å². The van der Waals surface area contributed by atoms with Gasteiger partial charge in [-0.25, -0.2) is 0 Å². The monoisotopic (exact) mass is 401 g/mol. The quantitative estimate of drug-likeness (QED) is 0.573. The van der Waals surface area contributed by atoms with E-state index in [-0.39, 0.29) is 17.6 Å². The predicted octanol–water partition coefficient (Wildman–Crippen LogP) is 4.68. The van der Waals surface area contributed by atoms with E-state index in [1.165, 1.54) is 11.6 Å². The molecular weight excluding hydrogens is 380 g/mol. The van der Waals surface area contributed by atoms with Crippen molar-refractivity contribution in [3.05, 3.63) is 60.0 Å². The fourth-order valence-electron chi connectivity index (χ4n) is 3.67. The van der Waals surface area contributed by atoms with Crippen molar-refractivity contribution in [3.8, 4) is 22.9 Å². The van der Waals surface area contributed by atoms with Gasteiger partial charge in [0.25, 0.3) is 0 Å². The molecule has 1 unspecified atom stereocenters. The van der Waals surface area contributed by atoms with Crippen molar-refractivity contribution in [2.75, 3.05) is 13.7 Å². The largest absolute Gasteiger partial charge is 0.497 e. The summed E-state index contributed by atoms with van der Waals surface area (Å²) in [7, 11) is 1.65. The third-order valence-corrected chi connectivity index (χ3v) is 5.01. The Hall–Kier alpha value is -3.00. The van der Waals surface area contributed by atoms with Gasteiger partial charge in [-0.05, 0) is 49.2 Å². The molecule has 0 saturated carbocycles. The molecule has 0 N–H and O–H groups in total. The summed E-state index contributed by atoms with van der Waals surface area (Å²) in [4.78, 5) is 6.68. The highest BCUT2D eigenvalue weighted by Crippen LogP contribution is 2.34. The third-order valence-electron chi connectivity index (χ3n) is 5.01. The number of halogens is 2. The molecule has 0 bridgehead atoms. The Morgan fingerprint density at radius 3 is 2.72 bits per heavy atom. The Labute approximate surface area is 167 Å². The number of ether oxygens (including phenoxy) is 2. The van der Waals surface area contributed by atoms with Crippen molar-refractivity contribution < 1.29 is 22.8 Å². The third kappa shape index (κ3) is 4.37. The van der Waals surface area contributed by atoms with E-state index in [0.717, 1.165) is 25.1 Å². The van der Waals surface area contributed by atoms with Crippen molar-refractivity contribution in [2.24, 2.45) is 0 Å². The van der Waals surface area contributed by atoms with Crippen molar-refractivity contribution in [1.82, 2.24) is 15.0 Å². The first-order chi connectivity index (χ1) is 14.1. The molecule has 0 aliphatic carbocycles. The summed E-state index contributed by atoms with van der Waals surface area (Å²) >= 11 is 0. The van der Waals surface area contributed by atoms with E-state index in [4.69, 9.17) is 9.26 Å². The molecule has 6 nitrogen and oxygen atoms in total. The zero-order valence-electron chi connectivity index (χ0n) is 15.9. The maximum Gasteiger partial charge on any atom is 0.387 e. The first-order valence-corrected chi connectivity index (χ1v) is 9.39. The van der Waals surface area contributed by atoms with Crippen LogP contribution in [0.3, 0.4) is 0 Å². The Kier molecular flexibility index (Phi) is 5.71. The van der Waals surface area contributed by atoms with Gasteiger partial charge in [-0.2, -0.15) is 13.8 Å². The molecule has 1 aromatic heterocycles. The Balaban J connectivity index is 1.50. The number of hydrogen-bond donors (Lipinski definition) is 0. The molecule has 1 fully saturated rings. The number of likely N-dealkylation sites (tertiary alicyclic amines) is 1. The summed E-state index contributed by atoms with van der Waals surface area (Å²) < 4.78 is 40.5. The van der Waals surface area contributed by atoms with Crippen LogP contribution in [-0.2, 0) is 6.54 Å². The summed E-state index contributed by atoms with van der Waals surface area (Å²) in [6, 6.07) is 14.7. The van der Waals surface area contributed by atoms with Crippen LogP contribution in [-0.4, -0.2) is 35.3 Å². The van der Waals surface area contributed by atoms with E-state index in [1.807, 2.05) is 12.1 Å². The van der Waals surface area contributed by atoms with Crippen LogP contribution in [0.5, 0.6) is 11.5 Å². The molecule has 2 heterocycles. The van der Waals surface area contributed by atoms with Gasteiger partial charge >= 0.3 is 6.61 Å². The van der Waals surface area contributed by atoms with Gasteiger partial charge in [-0.1, -0.05) is 29.4 Å². The average Bonchev–Trinajstić information content (AvgIpc) is 3.38. The van der Waals surface area contributed by atoms with Gasteiger partial charge < -0.3 is 14.0 Å². The number of benzene rings is 2. The normalized spacial score (nSPS) is 17.0. The number of aromatic nitrogens is 2. The lowest BCUT2D eigenvalue weighted by Gasteiger charge is -2.23. The van der Waals surface area contributed by atoms with E-state index in [9.17, 15) is 8.78 Å². The number of nitrogens with zero attached hydrogens (tertiary/aromatic N) is 3. The molecular formula is C21H21F2N3O3. The second-order valence-electron chi connectivity index (χ2n) is 6.79. The maximum absolute atomic E-state index is 12.6. The minimum Gasteiger partial charge on any atom is -0.497 e. The van der Waals surface area contributed by atoms with Gasteiger partial charge in [0.05, 0.1) is 19.2 Å². The minimum atomic E-state index is -2.92. The highest BCUT2D eigenvalue weighted by Gasteiger charge is 2.28. The number of rotatable bonds is 7. The zero-order chi connectivity index (χ0) is 20.2. The molecule has 1 saturated heterocycles. The van der Waals surface area contributed by atoms with Gasteiger partial charge in [0.15, 0.2) is 0 Å². The fourth-order valence-corrected chi connectivity index (χ4v) is 3.67. The van der Waals surface area contributed by atoms with E-state index < -0.39 is 6.61 Å². The van der Waals surface area contributed by atoms with E-state index in [2.05, 4.69) is 31.9 Å². The lowest BCUT2D eigenvalue weighted by Crippen LogP contribution is -2.22. The molecule has 152 valence electrons. The first-order valence-electron chi connectivity index (χ1n) is 9.39. The average molecular weight is 401 g/mol. The first kappa shape index (κ1) is 19.3. The van der Waals surface area contributed by atoms with Crippen molar-refractivity contribution in [2.45, 2.75) is 32.0 Å². The van der Waals surface area contributed by atoms with Gasteiger partial charge in [-0.15, -0.1) is 0 Å². The minimum absolute atomic E-state index is 0.0205. The summed E-state index contributed by atoms with van der Waals surface area (Å²) in [6.07, 6.45) is 2.11. The van der Waals surface area contributed by atoms with Gasteiger partial charge in [0, 0.05) is 6.04 Å². The van der Waals surface area contributed by atoms with Crippen LogP contribution >= 0.6 is 0 Å². The highest BCUT2D eigenvalue weighted by atomic mass is 19.3. The van der Waals surface area contributed by atoms with Crippen LogP contribution in [0.1, 0.15) is 30.3 Å². The molecule has 1 aliphatic rings. The molecule has 3 aromatic rings. The maximum atomic E-state index is 12.6. The lowest BCUT2D eigenvalue weighted by molar-refractivity contribution is -0.0494. The Bertz CT molecular complexity index is 946. The summed E-state index contributed by atoms with van der Waals surface area (Å²) in [5.74, 6) is 1.51. The number of hydrogen-bond acceptors (Lipinski definition) is 6. The predicted molar refractivity (Wildman–Crippen MR) is 102 cm³/mol. The van der Waals surface area contributed by atoms with Crippen LogP contribution in [0.25, 0.3) is 11.4 Å². The molecule has 0 spiro atoms. The fraction of sp³-hybridized carbons (Fsp3) is 0.333. The second-order valence-corrected chi connectivity index (χ2v) is 6.79. The molecule has 1 aliphatic heterocycles. The molecule has 0 radical (unpaired) electrons. The smallest absolute Gasteiger partial charge is 0.387 e. The SMILES string of the molecule is COc1ccc(C2CCCN2Cc2nc(-c3ccccc3OC(F)F)no2)cc1. The summed E-state index contributed by atoms with van der Waals surface area (Å²) in [5, 5.41) is 3.96. The highest BCUT2D eigenvalue weighted by molar-refractivity contribution is 5.63. The number of para-hydroxylation sites is 1. The van der Waals surface area contributed by atoms with Crippen LogP contribution in [0.15, 0.2) is 53.1 Å². The number of alkyl halides is 2. The molecule has 4 rings (SSSR count). The Morgan fingerprint density at radius 1 is 1.17 bits per heavy atom. The molecule has 1 atom stereocenters. The van der Waals surface area contributed by atoms with Crippen molar-refractivity contribution >= 4 is 0 Å². The van der Waals surface area contributed by atoms with Crippen LogP contribution in [0.2, 0.25) is 0 Å². The van der Waals surface area contributed by atoms with Crippen molar-refractivity contribution in [1.29, 1.82) is 0 Å². The Morgan fingerprint density at radius 2 is 1.97 bits per heavy atom. The van der Waals surface area contributed by atoms with Crippen LogP contribution < -0.4 is 9.47 Å². The molecule has 8 heteroatoms.